The molecule has 0 radical (unpaired) electrons. The molecule has 0 aliphatic heterocycles. The van der Waals surface area contributed by atoms with Crippen molar-refractivity contribution in [1.82, 2.24) is 10.3 Å². The number of hydrogen-bond donors (Lipinski definition) is 3. The number of H-pyrrole nitrogens is 1. The lowest BCUT2D eigenvalue weighted by Crippen LogP contribution is -2.39. The maximum atomic E-state index is 12.2. The van der Waals surface area contributed by atoms with Crippen LogP contribution in [0.15, 0.2) is 35.3 Å². The van der Waals surface area contributed by atoms with Crippen LogP contribution < -0.4 is 10.7 Å². The first-order chi connectivity index (χ1) is 9.17. The summed E-state index contributed by atoms with van der Waals surface area (Å²) < 4.78 is 0. The quantitative estimate of drug-likeness (QED) is 0.768. The molecule has 5 nitrogen and oxygen atoms in total. The van der Waals surface area contributed by atoms with E-state index in [2.05, 4.69) is 10.3 Å². The van der Waals surface area contributed by atoms with Crippen molar-refractivity contribution in [2.45, 2.75) is 19.4 Å². The van der Waals surface area contributed by atoms with Gasteiger partial charge in [-0.1, -0.05) is 19.1 Å². The highest BCUT2D eigenvalue weighted by Gasteiger charge is 2.15. The predicted molar refractivity (Wildman–Crippen MR) is 73.2 cm³/mol. The van der Waals surface area contributed by atoms with Gasteiger partial charge < -0.3 is 15.4 Å². The van der Waals surface area contributed by atoms with Gasteiger partial charge in [-0.15, -0.1) is 0 Å². The average molecular weight is 260 g/mol. The van der Waals surface area contributed by atoms with Gasteiger partial charge in [0.2, 0.25) is 5.43 Å². The normalized spacial score (nSPS) is 12.3. The molecule has 1 aromatic heterocycles. The highest BCUT2D eigenvalue weighted by molar-refractivity contribution is 5.97. The summed E-state index contributed by atoms with van der Waals surface area (Å²) in [4.78, 5) is 27.1. The van der Waals surface area contributed by atoms with Crippen LogP contribution in [0.2, 0.25) is 0 Å². The number of hydrogen-bond acceptors (Lipinski definition) is 3. The predicted octanol–water partition coefficient (Wildman–Crippen LogP) is 1.03. The van der Waals surface area contributed by atoms with E-state index in [-0.39, 0.29) is 23.6 Å². The Morgan fingerprint density at radius 3 is 2.84 bits per heavy atom. The molecule has 0 unspecified atom stereocenters. The van der Waals surface area contributed by atoms with Gasteiger partial charge in [-0.05, 0) is 18.6 Å². The molecule has 1 aromatic carbocycles. The second kappa shape index (κ2) is 5.67. The Balaban J connectivity index is 2.38. The standard InChI is InChI=1S/C14H16N2O3/c1-2-9(8-17)16-14(19)11-7-15-12-6-4-3-5-10(12)13(11)18/h3-7,9,17H,2,8H2,1H3,(H,15,18)(H,16,19)/t9-/m1/s1. The molecule has 100 valence electrons. The van der Waals surface area contributed by atoms with E-state index in [0.29, 0.717) is 17.3 Å². The van der Waals surface area contributed by atoms with Crippen molar-refractivity contribution < 1.29 is 9.90 Å². The van der Waals surface area contributed by atoms with E-state index in [0.717, 1.165) is 0 Å². The van der Waals surface area contributed by atoms with Crippen molar-refractivity contribution >= 4 is 16.8 Å². The van der Waals surface area contributed by atoms with E-state index in [1.54, 1.807) is 18.2 Å². The number of para-hydroxylation sites is 1. The number of fused-ring (bicyclic) bond motifs is 1. The van der Waals surface area contributed by atoms with Gasteiger partial charge in [0, 0.05) is 17.1 Å². The second-order valence-electron chi connectivity index (χ2n) is 4.34. The van der Waals surface area contributed by atoms with Crippen molar-refractivity contribution in [3.05, 3.63) is 46.2 Å². The Morgan fingerprint density at radius 1 is 1.42 bits per heavy atom. The molecule has 5 heteroatoms. The smallest absolute Gasteiger partial charge is 0.257 e. The molecule has 19 heavy (non-hydrogen) atoms. The molecule has 0 fully saturated rings. The first-order valence-electron chi connectivity index (χ1n) is 6.19. The first kappa shape index (κ1) is 13.3. The zero-order chi connectivity index (χ0) is 13.8. The second-order valence-corrected chi connectivity index (χ2v) is 4.34. The Hall–Kier alpha value is -2.14. The molecule has 0 bridgehead atoms. The summed E-state index contributed by atoms with van der Waals surface area (Å²) >= 11 is 0. The molecule has 0 spiro atoms. The number of carbonyl (C=O) groups is 1. The van der Waals surface area contributed by atoms with Crippen LogP contribution in [-0.4, -0.2) is 28.6 Å². The van der Waals surface area contributed by atoms with Gasteiger partial charge in [-0.25, -0.2) is 0 Å². The molecule has 3 N–H and O–H groups in total. The van der Waals surface area contributed by atoms with Gasteiger partial charge in [0.1, 0.15) is 5.56 Å². The number of amides is 1. The highest BCUT2D eigenvalue weighted by Crippen LogP contribution is 2.07. The topological polar surface area (TPSA) is 82.2 Å². The third-order valence-corrected chi connectivity index (χ3v) is 3.08. The van der Waals surface area contributed by atoms with E-state index < -0.39 is 5.91 Å². The Morgan fingerprint density at radius 2 is 2.16 bits per heavy atom. The fourth-order valence-corrected chi connectivity index (χ4v) is 1.88. The number of nitrogens with one attached hydrogen (secondary N) is 2. The van der Waals surface area contributed by atoms with Gasteiger partial charge in [-0.2, -0.15) is 0 Å². The van der Waals surface area contributed by atoms with Crippen LogP contribution >= 0.6 is 0 Å². The number of aliphatic hydroxyl groups is 1. The molecule has 1 amide bonds. The molecule has 0 saturated carbocycles. The monoisotopic (exact) mass is 260 g/mol. The minimum Gasteiger partial charge on any atom is -0.394 e. The Bertz CT molecular complexity index is 644. The van der Waals surface area contributed by atoms with Gasteiger partial charge in [-0.3, -0.25) is 9.59 Å². The fourth-order valence-electron chi connectivity index (χ4n) is 1.88. The number of benzene rings is 1. The third kappa shape index (κ3) is 2.66. The molecule has 0 aliphatic carbocycles. The average Bonchev–Trinajstić information content (AvgIpc) is 2.45. The molecule has 2 aromatic rings. The summed E-state index contributed by atoms with van der Waals surface area (Å²) in [6.45, 7) is 1.71. The number of rotatable bonds is 4. The van der Waals surface area contributed by atoms with E-state index in [9.17, 15) is 9.59 Å². The molecular formula is C14H16N2O3. The first-order valence-corrected chi connectivity index (χ1v) is 6.19. The van der Waals surface area contributed by atoms with Gasteiger partial charge in [0.25, 0.3) is 5.91 Å². The summed E-state index contributed by atoms with van der Waals surface area (Å²) in [6, 6.07) is 6.69. The van der Waals surface area contributed by atoms with Crippen LogP contribution in [0.1, 0.15) is 23.7 Å². The maximum Gasteiger partial charge on any atom is 0.257 e. The lowest BCUT2D eigenvalue weighted by atomic mass is 10.1. The molecule has 1 atom stereocenters. The molecule has 0 aliphatic rings. The van der Waals surface area contributed by atoms with Crippen molar-refractivity contribution in [2.75, 3.05) is 6.61 Å². The number of aromatic amines is 1. The van der Waals surface area contributed by atoms with Crippen LogP contribution in [-0.2, 0) is 0 Å². The summed E-state index contributed by atoms with van der Waals surface area (Å²) in [5.74, 6) is -0.465. The van der Waals surface area contributed by atoms with Gasteiger partial charge in [0.05, 0.1) is 12.6 Å². The summed E-state index contributed by atoms with van der Waals surface area (Å²) in [7, 11) is 0. The Kier molecular flexibility index (Phi) is 3.97. The SMILES string of the molecule is CC[C@H](CO)NC(=O)c1c[nH]c2ccccc2c1=O. The van der Waals surface area contributed by atoms with E-state index >= 15 is 0 Å². The third-order valence-electron chi connectivity index (χ3n) is 3.08. The largest absolute Gasteiger partial charge is 0.394 e. The van der Waals surface area contributed by atoms with E-state index in [4.69, 9.17) is 5.11 Å². The number of aliphatic hydroxyl groups excluding tert-OH is 1. The maximum absolute atomic E-state index is 12.2. The van der Waals surface area contributed by atoms with Crippen molar-refractivity contribution in [3.8, 4) is 0 Å². The lowest BCUT2D eigenvalue weighted by Gasteiger charge is -2.13. The van der Waals surface area contributed by atoms with Crippen LogP contribution in [0.3, 0.4) is 0 Å². The molecule has 2 rings (SSSR count). The number of carbonyl (C=O) groups excluding carboxylic acids is 1. The zero-order valence-electron chi connectivity index (χ0n) is 10.6. The van der Waals surface area contributed by atoms with Gasteiger partial charge in [0.15, 0.2) is 0 Å². The van der Waals surface area contributed by atoms with E-state index in [1.165, 1.54) is 6.20 Å². The van der Waals surface area contributed by atoms with Gasteiger partial charge >= 0.3 is 0 Å². The lowest BCUT2D eigenvalue weighted by molar-refractivity contribution is 0.0913. The zero-order valence-corrected chi connectivity index (χ0v) is 10.6. The van der Waals surface area contributed by atoms with Crippen LogP contribution in [0.5, 0.6) is 0 Å². The summed E-state index contributed by atoms with van der Waals surface area (Å²) in [5.41, 5.74) is 0.448. The van der Waals surface area contributed by atoms with Crippen molar-refractivity contribution in [3.63, 3.8) is 0 Å². The summed E-state index contributed by atoms with van der Waals surface area (Å²) in [6.07, 6.45) is 2.01. The van der Waals surface area contributed by atoms with Crippen molar-refractivity contribution in [2.24, 2.45) is 0 Å². The van der Waals surface area contributed by atoms with Crippen molar-refractivity contribution in [1.29, 1.82) is 0 Å². The number of aromatic nitrogens is 1. The number of pyridine rings is 1. The fraction of sp³-hybridized carbons (Fsp3) is 0.286. The highest BCUT2D eigenvalue weighted by atomic mass is 16.3. The summed E-state index contributed by atoms with van der Waals surface area (Å²) in [5, 5.41) is 12.2. The Labute approximate surface area is 110 Å². The minimum atomic E-state index is -0.465. The minimum absolute atomic E-state index is 0.0607. The molecular weight excluding hydrogens is 244 g/mol. The van der Waals surface area contributed by atoms with E-state index in [1.807, 2.05) is 13.0 Å². The van der Waals surface area contributed by atoms with Crippen LogP contribution in [0.4, 0.5) is 0 Å². The molecule has 1 heterocycles. The van der Waals surface area contributed by atoms with Crippen LogP contribution in [0.25, 0.3) is 10.9 Å². The molecule has 0 saturated heterocycles. The van der Waals surface area contributed by atoms with Crippen LogP contribution in [0, 0.1) is 0 Å².